The van der Waals surface area contributed by atoms with E-state index in [-0.39, 0.29) is 0 Å². The molecule has 2 aliphatic carbocycles. The Morgan fingerprint density at radius 1 is 1.10 bits per heavy atom. The number of nitrogens with zero attached hydrogens (tertiary/aromatic N) is 2. The lowest BCUT2D eigenvalue weighted by Gasteiger charge is -2.38. The smallest absolute Gasteiger partial charge is 0.156 e. The summed E-state index contributed by atoms with van der Waals surface area (Å²) in [5, 5.41) is 4.87. The first-order chi connectivity index (χ1) is 9.64. The van der Waals surface area contributed by atoms with Gasteiger partial charge in [-0.25, -0.2) is 0 Å². The predicted octanol–water partition coefficient (Wildman–Crippen LogP) is 3.11. The first-order valence-electron chi connectivity index (χ1n) is 8.23. The van der Waals surface area contributed by atoms with Crippen molar-refractivity contribution in [3.05, 3.63) is 0 Å². The van der Waals surface area contributed by atoms with Gasteiger partial charge in [-0.1, -0.05) is 37.4 Å². The standard InChI is InChI=1S/C16H29N3S/c1-19(2)16(9-5-6-10-16)12-18-14-17-11-15(13-20-14)7-3-4-8-15/h3-13H2,1-2H3,(H,17,18). The molecule has 0 saturated heterocycles. The van der Waals surface area contributed by atoms with Gasteiger partial charge in [-0.3, -0.25) is 4.99 Å². The van der Waals surface area contributed by atoms with Gasteiger partial charge in [0.25, 0.3) is 0 Å². The molecule has 0 bridgehead atoms. The lowest BCUT2D eigenvalue weighted by molar-refractivity contribution is 0.161. The molecule has 0 aromatic rings. The molecule has 1 aliphatic heterocycles. The summed E-state index contributed by atoms with van der Waals surface area (Å²) in [6.07, 6.45) is 11.1. The fourth-order valence-electron chi connectivity index (χ4n) is 4.14. The molecule has 3 aliphatic rings. The fourth-order valence-corrected chi connectivity index (χ4v) is 5.29. The Balaban J connectivity index is 1.55. The zero-order chi connectivity index (χ0) is 14.1. The van der Waals surface area contributed by atoms with Crippen molar-refractivity contribution in [3.63, 3.8) is 0 Å². The minimum Gasteiger partial charge on any atom is -0.363 e. The second kappa shape index (κ2) is 5.88. The molecule has 0 amide bonds. The lowest BCUT2D eigenvalue weighted by Crippen LogP contribution is -2.51. The highest BCUT2D eigenvalue weighted by atomic mass is 32.2. The summed E-state index contributed by atoms with van der Waals surface area (Å²) in [6.45, 7) is 2.14. The van der Waals surface area contributed by atoms with Gasteiger partial charge >= 0.3 is 0 Å². The second-order valence-corrected chi connectivity index (χ2v) is 8.26. The van der Waals surface area contributed by atoms with Crippen LogP contribution in [-0.4, -0.2) is 48.5 Å². The molecule has 4 heteroatoms. The van der Waals surface area contributed by atoms with Crippen molar-refractivity contribution in [1.82, 2.24) is 10.2 Å². The Morgan fingerprint density at radius 3 is 2.30 bits per heavy atom. The molecule has 1 N–H and O–H groups in total. The van der Waals surface area contributed by atoms with Crippen LogP contribution in [0.2, 0.25) is 0 Å². The number of hydrogen-bond acceptors (Lipinski definition) is 4. The summed E-state index contributed by atoms with van der Waals surface area (Å²) in [5.74, 6) is 1.29. The van der Waals surface area contributed by atoms with E-state index < -0.39 is 0 Å². The van der Waals surface area contributed by atoms with E-state index in [0.29, 0.717) is 11.0 Å². The number of thioether (sulfide) groups is 1. The largest absolute Gasteiger partial charge is 0.363 e. The first-order valence-corrected chi connectivity index (χ1v) is 9.21. The SMILES string of the molecule is CN(C)C1(CNC2=NCC3(CCCC3)CS2)CCCC1. The average molecular weight is 295 g/mol. The van der Waals surface area contributed by atoms with Crippen molar-refractivity contribution in [2.75, 3.05) is 32.9 Å². The summed E-state index contributed by atoms with van der Waals surface area (Å²) in [4.78, 5) is 7.30. The van der Waals surface area contributed by atoms with Crippen LogP contribution in [0.5, 0.6) is 0 Å². The van der Waals surface area contributed by atoms with Gasteiger partial charge in [-0.05, 0) is 45.2 Å². The Kier molecular flexibility index (Phi) is 4.32. The van der Waals surface area contributed by atoms with E-state index in [2.05, 4.69) is 24.3 Å². The molecular formula is C16H29N3S. The third-order valence-corrected chi connectivity index (χ3v) is 7.09. The predicted molar refractivity (Wildman–Crippen MR) is 88.5 cm³/mol. The van der Waals surface area contributed by atoms with Gasteiger partial charge < -0.3 is 10.2 Å². The van der Waals surface area contributed by atoms with E-state index in [0.717, 1.165) is 13.1 Å². The maximum absolute atomic E-state index is 4.87. The van der Waals surface area contributed by atoms with E-state index >= 15 is 0 Å². The Morgan fingerprint density at radius 2 is 1.75 bits per heavy atom. The molecule has 1 heterocycles. The highest BCUT2D eigenvalue weighted by Gasteiger charge is 2.38. The summed E-state index contributed by atoms with van der Waals surface area (Å²) in [6, 6.07) is 0. The molecule has 2 saturated carbocycles. The Bertz CT molecular complexity index is 366. The molecule has 0 radical (unpaired) electrons. The maximum Gasteiger partial charge on any atom is 0.156 e. The topological polar surface area (TPSA) is 27.6 Å². The number of hydrogen-bond donors (Lipinski definition) is 1. The van der Waals surface area contributed by atoms with Crippen LogP contribution in [0.3, 0.4) is 0 Å². The van der Waals surface area contributed by atoms with Crippen molar-refractivity contribution in [3.8, 4) is 0 Å². The van der Waals surface area contributed by atoms with Crippen molar-refractivity contribution in [2.24, 2.45) is 10.4 Å². The van der Waals surface area contributed by atoms with Crippen molar-refractivity contribution < 1.29 is 0 Å². The van der Waals surface area contributed by atoms with Crippen LogP contribution in [0.1, 0.15) is 51.4 Å². The molecule has 3 rings (SSSR count). The molecule has 2 fully saturated rings. The summed E-state index contributed by atoms with van der Waals surface area (Å²) >= 11 is 1.97. The maximum atomic E-state index is 4.87. The van der Waals surface area contributed by atoms with Crippen LogP contribution >= 0.6 is 11.8 Å². The summed E-state index contributed by atoms with van der Waals surface area (Å²) in [5.41, 5.74) is 0.925. The minimum absolute atomic E-state index is 0.367. The molecule has 0 atom stereocenters. The summed E-state index contributed by atoms with van der Waals surface area (Å²) < 4.78 is 0. The monoisotopic (exact) mass is 295 g/mol. The third kappa shape index (κ3) is 2.87. The summed E-state index contributed by atoms with van der Waals surface area (Å²) in [7, 11) is 4.46. The van der Waals surface area contributed by atoms with Crippen LogP contribution < -0.4 is 5.32 Å². The zero-order valence-electron chi connectivity index (χ0n) is 13.1. The zero-order valence-corrected chi connectivity index (χ0v) is 13.9. The molecule has 1 spiro atoms. The van der Waals surface area contributed by atoms with Gasteiger partial charge in [-0.15, -0.1) is 0 Å². The molecule has 0 aromatic heterocycles. The van der Waals surface area contributed by atoms with Crippen LogP contribution in [0.4, 0.5) is 0 Å². The quantitative estimate of drug-likeness (QED) is 0.867. The van der Waals surface area contributed by atoms with E-state index in [1.54, 1.807) is 0 Å². The minimum atomic E-state index is 0.367. The molecule has 0 unspecified atom stereocenters. The molecule has 20 heavy (non-hydrogen) atoms. The van der Waals surface area contributed by atoms with Crippen molar-refractivity contribution in [1.29, 1.82) is 0 Å². The van der Waals surface area contributed by atoms with Gasteiger partial charge in [-0.2, -0.15) is 0 Å². The van der Waals surface area contributed by atoms with E-state index in [9.17, 15) is 0 Å². The Labute approximate surface area is 128 Å². The van der Waals surface area contributed by atoms with Crippen LogP contribution in [0.15, 0.2) is 4.99 Å². The second-order valence-electron chi connectivity index (χ2n) is 7.30. The van der Waals surface area contributed by atoms with Gasteiger partial charge in [0.15, 0.2) is 5.17 Å². The Hall–Kier alpha value is -0.220. The highest BCUT2D eigenvalue weighted by molar-refractivity contribution is 8.13. The number of likely N-dealkylation sites (N-methyl/N-ethyl adjacent to an activating group) is 1. The van der Waals surface area contributed by atoms with Gasteiger partial charge in [0.2, 0.25) is 0 Å². The number of nitrogens with one attached hydrogen (secondary N) is 1. The number of aliphatic imine (C=N–C) groups is 1. The van der Waals surface area contributed by atoms with Gasteiger partial charge in [0.05, 0.1) is 0 Å². The molecule has 3 nitrogen and oxygen atoms in total. The average Bonchev–Trinajstić information content (AvgIpc) is 3.09. The van der Waals surface area contributed by atoms with Crippen LogP contribution in [0.25, 0.3) is 0 Å². The highest BCUT2D eigenvalue weighted by Crippen LogP contribution is 2.43. The fraction of sp³-hybridized carbons (Fsp3) is 0.938. The van der Waals surface area contributed by atoms with E-state index in [4.69, 9.17) is 4.99 Å². The van der Waals surface area contributed by atoms with Crippen LogP contribution in [-0.2, 0) is 0 Å². The third-order valence-electron chi connectivity index (χ3n) is 5.79. The lowest BCUT2D eigenvalue weighted by atomic mass is 9.89. The van der Waals surface area contributed by atoms with Crippen molar-refractivity contribution in [2.45, 2.75) is 56.9 Å². The van der Waals surface area contributed by atoms with Crippen molar-refractivity contribution >= 4 is 16.9 Å². The van der Waals surface area contributed by atoms with Crippen LogP contribution in [0, 0.1) is 5.41 Å². The number of rotatable bonds is 3. The molecular weight excluding hydrogens is 266 g/mol. The number of amidine groups is 1. The first kappa shape index (κ1) is 14.7. The molecule has 114 valence electrons. The molecule has 0 aromatic carbocycles. The van der Waals surface area contributed by atoms with Gasteiger partial charge in [0.1, 0.15) is 0 Å². The van der Waals surface area contributed by atoms with E-state index in [1.165, 1.54) is 62.3 Å². The normalized spacial score (nSPS) is 28.1. The van der Waals surface area contributed by atoms with Gasteiger partial charge in [0, 0.05) is 24.4 Å². The van der Waals surface area contributed by atoms with E-state index in [1.807, 2.05) is 11.8 Å².